The Balaban J connectivity index is 2.37. The first-order valence-corrected chi connectivity index (χ1v) is 6.49. The number of nitrogens with two attached hydrogens (primary N) is 1. The lowest BCUT2D eigenvalue weighted by atomic mass is 10.2. The fourth-order valence-corrected chi connectivity index (χ4v) is 2.12. The van der Waals surface area contributed by atoms with Gasteiger partial charge in [0.2, 0.25) is 0 Å². The average Bonchev–Trinajstić information content (AvgIpc) is 2.36. The second-order valence-electron chi connectivity index (χ2n) is 3.68. The predicted molar refractivity (Wildman–Crippen MR) is 72.3 cm³/mol. The van der Waals surface area contributed by atoms with Crippen molar-refractivity contribution in [1.29, 1.82) is 0 Å². The van der Waals surface area contributed by atoms with Crippen LogP contribution in [0.15, 0.2) is 41.3 Å². The van der Waals surface area contributed by atoms with Crippen LogP contribution in [-0.4, -0.2) is 6.26 Å². The molecular formula is C13H12F2N2S. The third-order valence-corrected chi connectivity index (χ3v) is 3.26. The molecule has 0 aliphatic carbocycles. The van der Waals surface area contributed by atoms with Gasteiger partial charge < -0.3 is 11.1 Å². The van der Waals surface area contributed by atoms with Crippen molar-refractivity contribution in [2.75, 3.05) is 17.3 Å². The van der Waals surface area contributed by atoms with Crippen molar-refractivity contribution < 1.29 is 8.78 Å². The molecule has 0 spiro atoms. The van der Waals surface area contributed by atoms with Gasteiger partial charge in [0.1, 0.15) is 0 Å². The smallest absolute Gasteiger partial charge is 0.161 e. The molecule has 3 N–H and O–H groups in total. The zero-order valence-electron chi connectivity index (χ0n) is 9.71. The van der Waals surface area contributed by atoms with Crippen LogP contribution in [0.1, 0.15) is 0 Å². The van der Waals surface area contributed by atoms with Crippen molar-refractivity contribution in [2.45, 2.75) is 4.90 Å². The second-order valence-corrected chi connectivity index (χ2v) is 4.53. The summed E-state index contributed by atoms with van der Waals surface area (Å²) in [5, 5.41) is 3.01. The highest BCUT2D eigenvalue weighted by Crippen LogP contribution is 2.31. The molecule has 0 fully saturated rings. The van der Waals surface area contributed by atoms with Crippen LogP contribution in [0, 0.1) is 11.6 Å². The van der Waals surface area contributed by atoms with Crippen molar-refractivity contribution >= 4 is 28.8 Å². The van der Waals surface area contributed by atoms with E-state index in [1.54, 1.807) is 11.8 Å². The minimum absolute atomic E-state index is 0.171. The quantitative estimate of drug-likeness (QED) is 0.651. The number of nitrogens with one attached hydrogen (secondary N) is 1. The molecule has 0 aromatic heterocycles. The largest absolute Gasteiger partial charge is 0.397 e. The molecule has 0 amide bonds. The minimum atomic E-state index is -0.948. The number of para-hydroxylation sites is 1. The minimum Gasteiger partial charge on any atom is -0.397 e. The fourth-order valence-electron chi connectivity index (χ4n) is 1.56. The molecule has 0 radical (unpaired) electrons. The molecule has 2 aromatic carbocycles. The van der Waals surface area contributed by atoms with Gasteiger partial charge in [-0.15, -0.1) is 11.8 Å². The van der Waals surface area contributed by atoms with Gasteiger partial charge in [0.05, 0.1) is 17.1 Å². The molecule has 0 heterocycles. The van der Waals surface area contributed by atoms with Crippen molar-refractivity contribution in [3.05, 3.63) is 48.0 Å². The van der Waals surface area contributed by atoms with Gasteiger partial charge in [0.25, 0.3) is 0 Å². The van der Waals surface area contributed by atoms with Crippen LogP contribution in [0.2, 0.25) is 0 Å². The van der Waals surface area contributed by atoms with Gasteiger partial charge in [-0.1, -0.05) is 12.1 Å². The summed E-state index contributed by atoms with van der Waals surface area (Å²) in [5.41, 5.74) is 6.99. The molecule has 0 bridgehead atoms. The van der Waals surface area contributed by atoms with E-state index in [0.29, 0.717) is 5.69 Å². The highest BCUT2D eigenvalue weighted by Gasteiger charge is 2.09. The van der Waals surface area contributed by atoms with Crippen LogP contribution in [0.4, 0.5) is 25.8 Å². The molecule has 0 saturated heterocycles. The van der Waals surface area contributed by atoms with Gasteiger partial charge in [-0.3, -0.25) is 0 Å². The lowest BCUT2D eigenvalue weighted by Crippen LogP contribution is -1.99. The number of anilines is 3. The van der Waals surface area contributed by atoms with Gasteiger partial charge in [0, 0.05) is 17.0 Å². The van der Waals surface area contributed by atoms with E-state index in [1.165, 1.54) is 0 Å². The maximum atomic E-state index is 13.2. The SMILES string of the molecule is CSc1ccccc1Nc1cc(F)c(F)cc1N. The Bertz CT molecular complexity index is 573. The molecule has 0 saturated carbocycles. The van der Waals surface area contributed by atoms with Gasteiger partial charge in [-0.05, 0) is 18.4 Å². The molecule has 5 heteroatoms. The number of thioether (sulfide) groups is 1. The van der Waals surface area contributed by atoms with Crippen LogP contribution in [0.25, 0.3) is 0 Å². The zero-order chi connectivity index (χ0) is 13.1. The Morgan fingerprint density at radius 1 is 1.06 bits per heavy atom. The maximum Gasteiger partial charge on any atom is 0.161 e. The highest BCUT2D eigenvalue weighted by molar-refractivity contribution is 7.98. The number of hydrogen-bond donors (Lipinski definition) is 2. The number of rotatable bonds is 3. The molecule has 94 valence electrons. The highest BCUT2D eigenvalue weighted by atomic mass is 32.2. The van der Waals surface area contributed by atoms with Crippen molar-refractivity contribution in [1.82, 2.24) is 0 Å². The first kappa shape index (κ1) is 12.7. The second kappa shape index (κ2) is 5.27. The lowest BCUT2D eigenvalue weighted by molar-refractivity contribution is 0.509. The van der Waals surface area contributed by atoms with E-state index in [0.717, 1.165) is 22.7 Å². The Morgan fingerprint density at radius 2 is 1.72 bits per heavy atom. The molecular weight excluding hydrogens is 254 g/mol. The number of halogens is 2. The molecule has 0 atom stereocenters. The van der Waals surface area contributed by atoms with E-state index >= 15 is 0 Å². The number of benzene rings is 2. The van der Waals surface area contributed by atoms with E-state index in [-0.39, 0.29) is 5.69 Å². The monoisotopic (exact) mass is 266 g/mol. The van der Waals surface area contributed by atoms with Crippen molar-refractivity contribution in [2.24, 2.45) is 0 Å². The Hall–Kier alpha value is -1.75. The molecule has 2 nitrogen and oxygen atoms in total. The summed E-state index contributed by atoms with van der Waals surface area (Å²) < 4.78 is 26.1. The van der Waals surface area contributed by atoms with E-state index in [1.807, 2.05) is 30.5 Å². The summed E-state index contributed by atoms with van der Waals surface area (Å²) >= 11 is 1.56. The molecule has 2 rings (SSSR count). The van der Waals surface area contributed by atoms with Crippen LogP contribution < -0.4 is 11.1 Å². The average molecular weight is 266 g/mol. The van der Waals surface area contributed by atoms with E-state index in [4.69, 9.17) is 5.73 Å². The van der Waals surface area contributed by atoms with Crippen LogP contribution >= 0.6 is 11.8 Å². The van der Waals surface area contributed by atoms with Gasteiger partial charge >= 0.3 is 0 Å². The Morgan fingerprint density at radius 3 is 2.44 bits per heavy atom. The topological polar surface area (TPSA) is 38.0 Å². The fraction of sp³-hybridized carbons (Fsp3) is 0.0769. The van der Waals surface area contributed by atoms with Crippen molar-refractivity contribution in [3.8, 4) is 0 Å². The third-order valence-electron chi connectivity index (χ3n) is 2.47. The van der Waals surface area contributed by atoms with E-state index in [2.05, 4.69) is 5.32 Å². The molecule has 0 aliphatic heterocycles. The predicted octanol–water partition coefficient (Wildman–Crippen LogP) is 4.01. The Labute approximate surface area is 108 Å². The van der Waals surface area contributed by atoms with Crippen LogP contribution in [0.5, 0.6) is 0 Å². The summed E-state index contributed by atoms with van der Waals surface area (Å²) in [5.74, 6) is -1.87. The molecule has 0 unspecified atom stereocenters. The lowest BCUT2D eigenvalue weighted by Gasteiger charge is -2.12. The third kappa shape index (κ3) is 2.56. The summed E-state index contributed by atoms with van der Waals surface area (Å²) in [7, 11) is 0. The number of nitrogen functional groups attached to an aromatic ring is 1. The summed E-state index contributed by atoms with van der Waals surface area (Å²) in [6.45, 7) is 0. The van der Waals surface area contributed by atoms with Crippen LogP contribution in [0.3, 0.4) is 0 Å². The Kier molecular flexibility index (Phi) is 3.72. The maximum absolute atomic E-state index is 13.2. The first-order valence-electron chi connectivity index (χ1n) is 5.26. The van der Waals surface area contributed by atoms with Crippen LogP contribution in [-0.2, 0) is 0 Å². The van der Waals surface area contributed by atoms with Crippen molar-refractivity contribution in [3.63, 3.8) is 0 Å². The standard InChI is InChI=1S/C13H12F2N2S/c1-18-13-5-3-2-4-11(13)17-12-7-9(15)8(14)6-10(12)16/h2-7,17H,16H2,1H3. The summed E-state index contributed by atoms with van der Waals surface area (Å²) in [4.78, 5) is 1.00. The van der Waals surface area contributed by atoms with Gasteiger partial charge in [-0.25, -0.2) is 8.78 Å². The summed E-state index contributed by atoms with van der Waals surface area (Å²) in [6, 6.07) is 9.58. The van der Waals surface area contributed by atoms with Gasteiger partial charge in [-0.2, -0.15) is 0 Å². The number of hydrogen-bond acceptors (Lipinski definition) is 3. The summed E-state index contributed by atoms with van der Waals surface area (Å²) in [6.07, 6.45) is 1.94. The first-order chi connectivity index (χ1) is 8.61. The van der Waals surface area contributed by atoms with E-state index in [9.17, 15) is 8.78 Å². The molecule has 18 heavy (non-hydrogen) atoms. The van der Waals surface area contributed by atoms with E-state index < -0.39 is 11.6 Å². The van der Waals surface area contributed by atoms with Gasteiger partial charge in [0.15, 0.2) is 11.6 Å². The molecule has 0 aliphatic rings. The molecule has 2 aromatic rings. The zero-order valence-corrected chi connectivity index (χ0v) is 10.5. The normalized spacial score (nSPS) is 10.4.